The fourth-order valence-electron chi connectivity index (χ4n) is 11.7. The van der Waals surface area contributed by atoms with Gasteiger partial charge < -0.3 is 33.6 Å². The van der Waals surface area contributed by atoms with Crippen LogP contribution in [0.25, 0.3) is 0 Å². The number of esters is 4. The maximum Gasteiger partial charge on any atom is 0.338 e. The Morgan fingerprint density at radius 3 is 2.02 bits per heavy atom. The fraction of sp³-hybridized carbons (Fsp3) is 0.581. The molecule has 12 heteroatoms. The van der Waals surface area contributed by atoms with E-state index in [1.807, 2.05) is 13.8 Å². The Morgan fingerprint density at radius 1 is 0.873 bits per heavy atom. The van der Waals surface area contributed by atoms with Crippen molar-refractivity contribution in [2.75, 3.05) is 6.61 Å². The molecule has 2 bridgehead atoms. The topological polar surface area (TPSA) is 169 Å². The second kappa shape index (κ2) is 13.4. The summed E-state index contributed by atoms with van der Waals surface area (Å²) >= 11 is 0. The molecule has 0 aromatic heterocycles. The molecular weight excluding hydrogens is 708 g/mol. The molecule has 7 rings (SSSR count). The van der Waals surface area contributed by atoms with Crippen LogP contribution in [-0.4, -0.2) is 82.3 Å². The molecule has 0 radical (unpaired) electrons. The molecule has 55 heavy (non-hydrogen) atoms. The van der Waals surface area contributed by atoms with Crippen molar-refractivity contribution in [3.05, 3.63) is 71.8 Å². The van der Waals surface area contributed by atoms with E-state index in [0.717, 1.165) is 0 Å². The van der Waals surface area contributed by atoms with E-state index >= 15 is 4.79 Å². The largest absolute Gasteiger partial charge is 0.459 e. The van der Waals surface area contributed by atoms with Crippen molar-refractivity contribution in [3.8, 4) is 0 Å². The summed E-state index contributed by atoms with van der Waals surface area (Å²) < 4.78 is 32.1. The van der Waals surface area contributed by atoms with Gasteiger partial charge in [0.1, 0.15) is 28.7 Å². The minimum atomic E-state index is -1.98. The first kappa shape index (κ1) is 38.8. The molecule has 0 amide bonds. The van der Waals surface area contributed by atoms with Gasteiger partial charge in [0.05, 0.1) is 29.6 Å². The molecule has 2 aromatic rings. The van der Waals surface area contributed by atoms with Crippen LogP contribution in [0.5, 0.6) is 0 Å². The molecule has 12 atom stereocenters. The van der Waals surface area contributed by atoms with Crippen molar-refractivity contribution < 1.29 is 57.6 Å². The summed E-state index contributed by atoms with van der Waals surface area (Å²) in [5.74, 6) is -7.81. The standard InChI is InChI=1S/C43H50O12/c1-8-29(45)52-38-41(7)37-40(6)28(20-30(46)55-39(40,4)5)32(53-35(48)25-15-11-9-12-16-25)33(47)42(37,22-51-41)34(54-36(49)26-17-13-10-14-18-26)31-27(19-24(3)44)23(2)21-43(31,38)50/h9-18,23,27-28,31-32,34,37-38,50H,8,19-22H2,1-7H3/t23-,27-,28-,31-,32-,34-,37+,38-,40-,41-,42-,43+/m0/s1. The Morgan fingerprint density at radius 2 is 1.45 bits per heavy atom. The first-order valence-electron chi connectivity index (χ1n) is 19.2. The lowest BCUT2D eigenvalue weighted by Gasteiger charge is -2.64. The summed E-state index contributed by atoms with van der Waals surface area (Å²) in [6.45, 7) is 11.6. The maximum absolute atomic E-state index is 16.0. The minimum absolute atomic E-state index is 0.0239. The maximum atomic E-state index is 16.0. The number of cyclic esters (lactones) is 1. The quantitative estimate of drug-likeness (QED) is 0.281. The average molecular weight is 759 g/mol. The number of hydrogen-bond donors (Lipinski definition) is 1. The summed E-state index contributed by atoms with van der Waals surface area (Å²) in [6, 6.07) is 16.4. The number of benzene rings is 2. The van der Waals surface area contributed by atoms with Crippen molar-refractivity contribution >= 4 is 35.4 Å². The van der Waals surface area contributed by atoms with Crippen LogP contribution in [-0.2, 0) is 42.9 Å². The molecule has 1 N–H and O–H groups in total. The first-order valence-corrected chi connectivity index (χ1v) is 19.2. The van der Waals surface area contributed by atoms with Gasteiger partial charge in [0, 0.05) is 36.0 Å². The molecule has 294 valence electrons. The first-order chi connectivity index (χ1) is 25.9. The number of rotatable bonds is 8. The lowest BCUT2D eigenvalue weighted by atomic mass is 9.41. The van der Waals surface area contributed by atoms with Gasteiger partial charge in [0.25, 0.3) is 0 Å². The van der Waals surface area contributed by atoms with Crippen LogP contribution in [0.15, 0.2) is 60.7 Å². The van der Waals surface area contributed by atoms with Gasteiger partial charge in [0.15, 0.2) is 18.0 Å². The predicted molar refractivity (Wildman–Crippen MR) is 194 cm³/mol. The zero-order chi connectivity index (χ0) is 39.9. The number of hydrogen-bond acceptors (Lipinski definition) is 12. The van der Waals surface area contributed by atoms with E-state index in [-0.39, 0.29) is 55.1 Å². The Hall–Kier alpha value is -4.42. The second-order valence-electron chi connectivity index (χ2n) is 17.3. The van der Waals surface area contributed by atoms with Crippen LogP contribution >= 0.6 is 0 Å². The van der Waals surface area contributed by atoms with Crippen molar-refractivity contribution in [2.24, 2.45) is 40.4 Å². The van der Waals surface area contributed by atoms with E-state index in [1.54, 1.807) is 88.4 Å². The predicted octanol–water partition coefficient (Wildman–Crippen LogP) is 5.08. The Balaban J connectivity index is 1.54. The Labute approximate surface area is 320 Å². The van der Waals surface area contributed by atoms with Gasteiger partial charge in [-0.05, 0) is 70.2 Å². The molecule has 3 saturated carbocycles. The second-order valence-corrected chi connectivity index (χ2v) is 17.3. The lowest BCUT2D eigenvalue weighted by Crippen LogP contribution is -2.75. The monoisotopic (exact) mass is 758 g/mol. The number of carbonyl (C=O) groups excluding carboxylic acids is 6. The molecule has 5 fully saturated rings. The molecule has 2 aliphatic heterocycles. The van der Waals surface area contributed by atoms with E-state index in [0.29, 0.717) is 0 Å². The van der Waals surface area contributed by atoms with Crippen molar-refractivity contribution in [2.45, 2.75) is 109 Å². The van der Waals surface area contributed by atoms with Gasteiger partial charge in [-0.3, -0.25) is 14.4 Å². The van der Waals surface area contributed by atoms with Gasteiger partial charge >= 0.3 is 23.9 Å². The van der Waals surface area contributed by atoms with Crippen molar-refractivity contribution in [3.63, 3.8) is 0 Å². The number of ketones is 2. The van der Waals surface area contributed by atoms with E-state index in [1.165, 1.54) is 6.92 Å². The van der Waals surface area contributed by atoms with Crippen LogP contribution in [0.4, 0.5) is 0 Å². The summed E-state index contributed by atoms with van der Waals surface area (Å²) in [7, 11) is 0. The molecule has 12 nitrogen and oxygen atoms in total. The van der Waals surface area contributed by atoms with Crippen LogP contribution < -0.4 is 0 Å². The van der Waals surface area contributed by atoms with E-state index < -0.39 is 99.3 Å². The molecule has 3 aliphatic carbocycles. The van der Waals surface area contributed by atoms with Crippen LogP contribution in [0.2, 0.25) is 0 Å². The van der Waals surface area contributed by atoms with Gasteiger partial charge in [0.2, 0.25) is 0 Å². The highest BCUT2D eigenvalue weighted by Gasteiger charge is 2.86. The third-order valence-corrected chi connectivity index (χ3v) is 14.0. The normalized spacial score (nSPS) is 39.7. The number of fused-ring (bicyclic) bond motifs is 2. The van der Waals surface area contributed by atoms with Crippen molar-refractivity contribution in [1.82, 2.24) is 0 Å². The van der Waals surface area contributed by atoms with Gasteiger partial charge in [-0.2, -0.15) is 0 Å². The fourth-order valence-corrected chi connectivity index (χ4v) is 11.7. The molecule has 2 heterocycles. The number of ether oxygens (including phenoxy) is 5. The average Bonchev–Trinajstić information content (AvgIpc) is 3.58. The number of aliphatic hydroxyl groups is 1. The van der Waals surface area contributed by atoms with Crippen LogP contribution in [0.3, 0.4) is 0 Å². The lowest BCUT2D eigenvalue weighted by molar-refractivity contribution is -0.263. The highest BCUT2D eigenvalue weighted by Crippen LogP contribution is 2.74. The molecule has 0 unspecified atom stereocenters. The third-order valence-electron chi connectivity index (χ3n) is 14.0. The van der Waals surface area contributed by atoms with Crippen molar-refractivity contribution in [1.29, 1.82) is 0 Å². The smallest absolute Gasteiger partial charge is 0.338 e. The summed E-state index contributed by atoms with van der Waals surface area (Å²) in [5.41, 5.74) is -7.85. The molecule has 2 aromatic carbocycles. The summed E-state index contributed by atoms with van der Waals surface area (Å²) in [4.78, 5) is 84.2. The van der Waals surface area contributed by atoms with Crippen LogP contribution in [0.1, 0.15) is 94.9 Å². The molecule has 5 aliphatic rings. The van der Waals surface area contributed by atoms with E-state index in [2.05, 4.69) is 0 Å². The van der Waals surface area contributed by atoms with E-state index in [4.69, 9.17) is 23.7 Å². The SMILES string of the molecule is CCC(=O)O[C@@H]1[C@@]2(O)C[C@H](C)[C@H](CC(C)=O)[C@H]2[C@H](OC(=O)c2ccccc2)[C@@]23CO[C@@]1(C)[C@H]2[C@]1(C)[C@@H](CC(=O)OC1(C)C)[C@H](OC(=O)c1ccccc1)C3=O. The van der Waals surface area contributed by atoms with Gasteiger partial charge in [-0.15, -0.1) is 0 Å². The van der Waals surface area contributed by atoms with Gasteiger partial charge in [-0.25, -0.2) is 9.59 Å². The summed E-state index contributed by atoms with van der Waals surface area (Å²) in [5, 5.41) is 13.4. The zero-order valence-electron chi connectivity index (χ0n) is 32.4. The number of Topliss-reactive ketones (excluding diaryl/α,β-unsaturated/α-hetero) is 2. The van der Waals surface area contributed by atoms with Gasteiger partial charge in [-0.1, -0.05) is 57.2 Å². The van der Waals surface area contributed by atoms with Crippen LogP contribution in [0, 0.1) is 40.4 Å². The molecule has 2 saturated heterocycles. The molecular formula is C43H50O12. The minimum Gasteiger partial charge on any atom is -0.459 e. The Bertz CT molecular complexity index is 1910. The number of carbonyl (C=O) groups is 6. The zero-order valence-corrected chi connectivity index (χ0v) is 32.4. The summed E-state index contributed by atoms with van der Waals surface area (Å²) in [6.07, 6.45) is -4.81. The highest BCUT2D eigenvalue weighted by molar-refractivity contribution is 5.98. The Kier molecular flexibility index (Phi) is 9.44. The highest BCUT2D eigenvalue weighted by atomic mass is 16.6. The molecule has 0 spiro atoms. The van der Waals surface area contributed by atoms with E-state index in [9.17, 15) is 29.1 Å². The third kappa shape index (κ3) is 5.60.